The van der Waals surface area contributed by atoms with Crippen LogP contribution in [0.5, 0.6) is 0 Å². The molecule has 25 heavy (non-hydrogen) atoms. The first-order valence-corrected chi connectivity index (χ1v) is 9.22. The fourth-order valence-electron chi connectivity index (χ4n) is 3.38. The second-order valence-electron chi connectivity index (χ2n) is 6.67. The SMILES string of the molecule is O=C(CCc1c[nH]c2ccccc12)OCC(=O)N1CCCCCCC1. The summed E-state index contributed by atoms with van der Waals surface area (Å²) in [7, 11) is 0. The molecule has 0 atom stereocenters. The van der Waals surface area contributed by atoms with Gasteiger partial charge in [0.2, 0.25) is 0 Å². The number of carbonyl (C=O) groups is 2. The van der Waals surface area contributed by atoms with Gasteiger partial charge in [0.1, 0.15) is 0 Å². The summed E-state index contributed by atoms with van der Waals surface area (Å²) in [4.78, 5) is 29.2. The Morgan fingerprint density at radius 3 is 2.56 bits per heavy atom. The molecular formula is C20H26N2O3. The fraction of sp³-hybridized carbons (Fsp3) is 0.500. The van der Waals surface area contributed by atoms with E-state index in [4.69, 9.17) is 4.74 Å². The molecule has 1 aromatic heterocycles. The number of rotatable bonds is 5. The maximum absolute atomic E-state index is 12.2. The van der Waals surface area contributed by atoms with Crippen molar-refractivity contribution in [2.45, 2.75) is 44.9 Å². The number of likely N-dealkylation sites (tertiary alicyclic amines) is 1. The Kier molecular flexibility index (Phi) is 6.09. The van der Waals surface area contributed by atoms with Crippen molar-refractivity contribution in [1.82, 2.24) is 9.88 Å². The van der Waals surface area contributed by atoms with Crippen molar-refractivity contribution in [2.24, 2.45) is 0 Å². The van der Waals surface area contributed by atoms with Crippen LogP contribution in [0.4, 0.5) is 0 Å². The molecule has 0 saturated carbocycles. The Morgan fingerprint density at radius 2 is 1.76 bits per heavy atom. The lowest BCUT2D eigenvalue weighted by molar-refractivity contribution is -0.152. The number of para-hydroxylation sites is 1. The summed E-state index contributed by atoms with van der Waals surface area (Å²) < 4.78 is 5.20. The molecule has 1 amide bonds. The van der Waals surface area contributed by atoms with Gasteiger partial charge >= 0.3 is 5.97 Å². The molecule has 5 heteroatoms. The van der Waals surface area contributed by atoms with Gasteiger partial charge in [0.25, 0.3) is 5.91 Å². The van der Waals surface area contributed by atoms with E-state index in [2.05, 4.69) is 4.98 Å². The van der Waals surface area contributed by atoms with Gasteiger partial charge in [-0.05, 0) is 30.9 Å². The van der Waals surface area contributed by atoms with Gasteiger partial charge in [-0.3, -0.25) is 9.59 Å². The highest BCUT2D eigenvalue weighted by Gasteiger charge is 2.16. The number of H-pyrrole nitrogens is 1. The summed E-state index contributed by atoms with van der Waals surface area (Å²) in [6.07, 6.45) is 8.52. The summed E-state index contributed by atoms with van der Waals surface area (Å²) in [5.41, 5.74) is 2.17. The van der Waals surface area contributed by atoms with Gasteiger partial charge in [0.05, 0.1) is 0 Å². The lowest BCUT2D eigenvalue weighted by Crippen LogP contribution is -2.36. The molecule has 1 N–H and O–H groups in total. The van der Waals surface area contributed by atoms with E-state index in [0.717, 1.165) is 42.4 Å². The van der Waals surface area contributed by atoms with Crippen molar-refractivity contribution in [3.8, 4) is 0 Å². The predicted octanol–water partition coefficient (Wildman–Crippen LogP) is 3.44. The van der Waals surface area contributed by atoms with Crippen molar-refractivity contribution in [1.29, 1.82) is 0 Å². The van der Waals surface area contributed by atoms with Crippen molar-refractivity contribution in [3.05, 3.63) is 36.0 Å². The van der Waals surface area contributed by atoms with Crippen LogP contribution < -0.4 is 0 Å². The van der Waals surface area contributed by atoms with Gasteiger partial charge in [-0.15, -0.1) is 0 Å². The molecule has 1 aliphatic heterocycles. The van der Waals surface area contributed by atoms with E-state index in [1.165, 1.54) is 19.3 Å². The Balaban J connectivity index is 1.43. The molecule has 134 valence electrons. The topological polar surface area (TPSA) is 62.4 Å². The highest BCUT2D eigenvalue weighted by molar-refractivity contribution is 5.84. The van der Waals surface area contributed by atoms with Crippen LogP contribution in [0.25, 0.3) is 10.9 Å². The second kappa shape index (κ2) is 8.70. The van der Waals surface area contributed by atoms with Crippen LogP contribution in [0, 0.1) is 0 Å². The van der Waals surface area contributed by atoms with E-state index < -0.39 is 0 Å². The minimum atomic E-state index is -0.314. The molecule has 1 saturated heterocycles. The number of carbonyl (C=O) groups excluding carboxylic acids is 2. The molecule has 2 heterocycles. The van der Waals surface area contributed by atoms with Gasteiger partial charge in [0.15, 0.2) is 6.61 Å². The van der Waals surface area contributed by atoms with E-state index >= 15 is 0 Å². The maximum atomic E-state index is 12.2. The Morgan fingerprint density at radius 1 is 1.04 bits per heavy atom. The number of aromatic nitrogens is 1. The Labute approximate surface area is 148 Å². The van der Waals surface area contributed by atoms with Crippen LogP contribution in [-0.2, 0) is 20.7 Å². The minimum Gasteiger partial charge on any atom is -0.456 e. The molecule has 1 aliphatic rings. The number of hydrogen-bond donors (Lipinski definition) is 1. The van der Waals surface area contributed by atoms with Gasteiger partial charge in [-0.2, -0.15) is 0 Å². The standard InChI is InChI=1S/C20H26N2O3/c23-19(22-12-6-2-1-3-7-13-22)15-25-20(24)11-10-16-14-21-18-9-5-4-8-17(16)18/h4-5,8-9,14,21H,1-3,6-7,10-13,15H2. The lowest BCUT2D eigenvalue weighted by Gasteiger charge is -2.24. The average molecular weight is 342 g/mol. The van der Waals surface area contributed by atoms with Crippen LogP contribution >= 0.6 is 0 Å². The summed E-state index contributed by atoms with van der Waals surface area (Å²) in [6.45, 7) is 1.43. The maximum Gasteiger partial charge on any atom is 0.306 e. The zero-order valence-corrected chi connectivity index (χ0v) is 14.6. The van der Waals surface area contributed by atoms with Crippen molar-refractivity contribution >= 4 is 22.8 Å². The molecule has 5 nitrogen and oxygen atoms in total. The molecular weight excluding hydrogens is 316 g/mol. The van der Waals surface area contributed by atoms with Crippen molar-refractivity contribution in [3.63, 3.8) is 0 Å². The van der Waals surface area contributed by atoms with E-state index in [0.29, 0.717) is 6.42 Å². The summed E-state index contributed by atoms with van der Waals surface area (Å²) in [5.74, 6) is -0.381. The largest absolute Gasteiger partial charge is 0.456 e. The molecule has 1 aromatic carbocycles. The number of aromatic amines is 1. The molecule has 0 radical (unpaired) electrons. The minimum absolute atomic E-state index is 0.0673. The van der Waals surface area contributed by atoms with Crippen LogP contribution in [0.2, 0.25) is 0 Å². The quantitative estimate of drug-likeness (QED) is 0.847. The molecule has 0 aliphatic carbocycles. The van der Waals surface area contributed by atoms with E-state index in [-0.39, 0.29) is 24.9 Å². The van der Waals surface area contributed by atoms with Crippen molar-refractivity contribution < 1.29 is 14.3 Å². The molecule has 3 rings (SSSR count). The average Bonchev–Trinajstić information content (AvgIpc) is 3.01. The van der Waals surface area contributed by atoms with E-state index in [1.54, 1.807) is 0 Å². The van der Waals surface area contributed by atoms with Gasteiger partial charge in [-0.1, -0.05) is 37.5 Å². The molecule has 0 bridgehead atoms. The highest BCUT2D eigenvalue weighted by Crippen LogP contribution is 2.19. The molecule has 0 unspecified atom stereocenters. The van der Waals surface area contributed by atoms with Crippen LogP contribution in [0.1, 0.15) is 44.1 Å². The van der Waals surface area contributed by atoms with Crippen LogP contribution in [0.3, 0.4) is 0 Å². The molecule has 1 fully saturated rings. The number of hydrogen-bond acceptors (Lipinski definition) is 3. The first-order valence-electron chi connectivity index (χ1n) is 9.22. The number of ether oxygens (including phenoxy) is 1. The van der Waals surface area contributed by atoms with Gasteiger partial charge < -0.3 is 14.6 Å². The second-order valence-corrected chi connectivity index (χ2v) is 6.67. The van der Waals surface area contributed by atoms with Gasteiger partial charge in [-0.25, -0.2) is 0 Å². The number of benzene rings is 1. The lowest BCUT2D eigenvalue weighted by atomic mass is 10.1. The first-order chi connectivity index (χ1) is 12.2. The molecule has 0 spiro atoms. The summed E-state index contributed by atoms with van der Waals surface area (Å²) >= 11 is 0. The van der Waals surface area contributed by atoms with Crippen LogP contribution in [-0.4, -0.2) is 41.5 Å². The number of fused-ring (bicyclic) bond motifs is 1. The normalized spacial score (nSPS) is 15.6. The van der Waals surface area contributed by atoms with E-state index in [1.807, 2.05) is 35.4 Å². The predicted molar refractivity (Wildman–Crippen MR) is 97.2 cm³/mol. The first kappa shape index (κ1) is 17.5. The molecule has 2 aromatic rings. The summed E-state index contributed by atoms with van der Waals surface area (Å²) in [6, 6.07) is 8.02. The Hall–Kier alpha value is -2.30. The number of nitrogens with one attached hydrogen (secondary N) is 1. The van der Waals surface area contributed by atoms with E-state index in [9.17, 15) is 9.59 Å². The third-order valence-electron chi connectivity index (χ3n) is 4.84. The number of nitrogens with zero attached hydrogens (tertiary/aromatic N) is 1. The van der Waals surface area contributed by atoms with Crippen LogP contribution in [0.15, 0.2) is 30.5 Å². The number of amides is 1. The van der Waals surface area contributed by atoms with Crippen molar-refractivity contribution in [2.75, 3.05) is 19.7 Å². The third-order valence-corrected chi connectivity index (χ3v) is 4.84. The highest BCUT2D eigenvalue weighted by atomic mass is 16.5. The Bertz CT molecular complexity index is 715. The number of esters is 1. The smallest absolute Gasteiger partial charge is 0.306 e. The van der Waals surface area contributed by atoms with Gasteiger partial charge in [0, 0.05) is 36.6 Å². The fourth-order valence-corrected chi connectivity index (χ4v) is 3.38. The zero-order chi connectivity index (χ0) is 17.5. The third kappa shape index (κ3) is 4.84. The zero-order valence-electron chi connectivity index (χ0n) is 14.6. The summed E-state index contributed by atoms with van der Waals surface area (Å²) in [5, 5.41) is 1.13. The monoisotopic (exact) mass is 342 g/mol. The number of aryl methyl sites for hydroxylation is 1.